The van der Waals surface area contributed by atoms with E-state index in [9.17, 15) is 14.0 Å². The third kappa shape index (κ3) is 1.78. The van der Waals surface area contributed by atoms with Crippen LogP contribution in [0.15, 0.2) is 16.3 Å². The molecule has 1 amide bonds. The number of rotatable bonds is 2. The van der Waals surface area contributed by atoms with Crippen LogP contribution < -0.4 is 0 Å². The lowest BCUT2D eigenvalue weighted by atomic mass is 10.1. The van der Waals surface area contributed by atoms with Crippen molar-refractivity contribution < 1.29 is 23.8 Å². The number of aliphatic imine (C=N–C) groups is 1. The van der Waals surface area contributed by atoms with E-state index >= 15 is 0 Å². The Morgan fingerprint density at radius 2 is 2.43 bits per heavy atom. The van der Waals surface area contributed by atoms with Gasteiger partial charge in [-0.1, -0.05) is 0 Å². The first-order valence-corrected chi connectivity index (χ1v) is 3.90. The van der Waals surface area contributed by atoms with Gasteiger partial charge in [0.25, 0.3) is 5.91 Å². The average molecular weight is 201 g/mol. The molecule has 1 heterocycles. The fourth-order valence-corrected chi connectivity index (χ4v) is 0.879. The Kier molecular flexibility index (Phi) is 2.95. The third-order valence-electron chi connectivity index (χ3n) is 1.55. The van der Waals surface area contributed by atoms with Gasteiger partial charge in [0.2, 0.25) is 6.17 Å². The van der Waals surface area contributed by atoms with Crippen LogP contribution in [0.4, 0.5) is 4.39 Å². The van der Waals surface area contributed by atoms with Crippen LogP contribution in [0.25, 0.3) is 0 Å². The summed E-state index contributed by atoms with van der Waals surface area (Å²) < 4.78 is 17.4. The number of ether oxygens (including phenoxy) is 1. The molecule has 0 aromatic rings. The minimum absolute atomic E-state index is 0.0916. The molecule has 0 bridgehead atoms. The number of hydrogen-bond acceptors (Lipinski definition) is 4. The summed E-state index contributed by atoms with van der Waals surface area (Å²) in [5.74, 6) is -2.97. The number of halogens is 1. The average Bonchev–Trinajstić information content (AvgIpc) is 2.15. The van der Waals surface area contributed by atoms with Gasteiger partial charge >= 0.3 is 5.97 Å². The predicted octanol–water partition coefficient (Wildman–Crippen LogP) is 0.311. The summed E-state index contributed by atoms with van der Waals surface area (Å²) in [5.41, 5.74) is -0.418. The van der Waals surface area contributed by atoms with Crippen LogP contribution in [0, 0.1) is 0 Å². The Balaban J connectivity index is 2.94. The molecule has 1 N–H and O–H groups in total. The summed E-state index contributed by atoms with van der Waals surface area (Å²) >= 11 is 0. The molecule has 0 saturated carbocycles. The van der Waals surface area contributed by atoms with Gasteiger partial charge in [-0.2, -0.15) is 0 Å². The number of esters is 1. The molecule has 0 radical (unpaired) electrons. The molecule has 14 heavy (non-hydrogen) atoms. The normalized spacial score (nSPS) is 21.3. The van der Waals surface area contributed by atoms with Gasteiger partial charge in [0.1, 0.15) is 5.57 Å². The number of hydrogen-bond donors (Lipinski definition) is 1. The Morgan fingerprint density at radius 1 is 1.79 bits per heavy atom. The molecule has 0 fully saturated rings. The Labute approximate surface area is 78.9 Å². The highest BCUT2D eigenvalue weighted by Crippen LogP contribution is 2.15. The molecule has 0 spiro atoms. The number of aliphatic hydroxyl groups excluding tert-OH is 1. The van der Waals surface area contributed by atoms with Crippen molar-refractivity contribution in [1.29, 1.82) is 0 Å². The second kappa shape index (κ2) is 3.99. The molecule has 76 valence electrons. The van der Waals surface area contributed by atoms with E-state index in [1.54, 1.807) is 6.92 Å². The highest BCUT2D eigenvalue weighted by Gasteiger charge is 2.31. The van der Waals surface area contributed by atoms with Gasteiger partial charge in [-0.15, -0.1) is 0 Å². The zero-order valence-corrected chi connectivity index (χ0v) is 7.36. The number of alkyl halides is 1. The summed E-state index contributed by atoms with van der Waals surface area (Å²) in [6.07, 6.45) is -1.47. The minimum Gasteiger partial charge on any atom is -0.508 e. The molecular weight excluding hydrogens is 193 g/mol. The number of dihydropyridines is 1. The number of aliphatic hydroxyl groups is 1. The maximum Gasteiger partial charge on any atom is 0.343 e. The van der Waals surface area contributed by atoms with E-state index in [4.69, 9.17) is 5.11 Å². The van der Waals surface area contributed by atoms with E-state index in [-0.39, 0.29) is 6.61 Å². The Morgan fingerprint density at radius 3 is 3.00 bits per heavy atom. The smallest absolute Gasteiger partial charge is 0.343 e. The zero-order chi connectivity index (χ0) is 10.7. The van der Waals surface area contributed by atoms with Gasteiger partial charge in [0.15, 0.2) is 5.76 Å². The maximum atomic E-state index is 12.8. The van der Waals surface area contributed by atoms with E-state index < -0.39 is 29.4 Å². The molecule has 0 aliphatic carbocycles. The van der Waals surface area contributed by atoms with Gasteiger partial charge in [0.05, 0.1) is 6.61 Å². The zero-order valence-electron chi connectivity index (χ0n) is 7.36. The molecule has 1 rings (SSSR count). The van der Waals surface area contributed by atoms with Gasteiger partial charge in [-0.3, -0.25) is 4.79 Å². The Bertz CT molecular complexity index is 334. The first kappa shape index (κ1) is 10.4. The fourth-order valence-electron chi connectivity index (χ4n) is 0.879. The van der Waals surface area contributed by atoms with Crippen LogP contribution in [0.1, 0.15) is 6.92 Å². The Hall–Kier alpha value is -1.72. The molecule has 1 aliphatic rings. The van der Waals surface area contributed by atoms with Crippen molar-refractivity contribution in [3.63, 3.8) is 0 Å². The highest BCUT2D eigenvalue weighted by atomic mass is 19.1. The van der Waals surface area contributed by atoms with E-state index in [1.807, 2.05) is 0 Å². The van der Waals surface area contributed by atoms with Gasteiger partial charge < -0.3 is 9.84 Å². The number of amides is 1. The third-order valence-corrected chi connectivity index (χ3v) is 1.55. The van der Waals surface area contributed by atoms with Crippen molar-refractivity contribution in [2.45, 2.75) is 13.1 Å². The number of carbonyl (C=O) groups is 2. The molecule has 0 aromatic heterocycles. The first-order chi connectivity index (χ1) is 6.57. The summed E-state index contributed by atoms with van der Waals surface area (Å²) in [4.78, 5) is 24.8. The summed E-state index contributed by atoms with van der Waals surface area (Å²) in [6.45, 7) is 1.65. The second-order valence-electron chi connectivity index (χ2n) is 2.48. The standard InChI is InChI=1S/C8H8FNO4/c1-2-14-8(13)4-3-10-7(12)5(9)6(4)11/h3,5,11H,2H2,1H3. The lowest BCUT2D eigenvalue weighted by Crippen LogP contribution is -2.26. The highest BCUT2D eigenvalue weighted by molar-refractivity contribution is 6.15. The molecule has 5 nitrogen and oxygen atoms in total. The monoisotopic (exact) mass is 201 g/mol. The van der Waals surface area contributed by atoms with E-state index in [2.05, 4.69) is 9.73 Å². The van der Waals surface area contributed by atoms with Crippen LogP contribution in [-0.4, -0.2) is 36.0 Å². The molecule has 1 aliphatic heterocycles. The molecule has 6 heteroatoms. The van der Waals surface area contributed by atoms with Crippen LogP contribution in [0.5, 0.6) is 0 Å². The van der Waals surface area contributed by atoms with E-state index in [0.29, 0.717) is 0 Å². The fraction of sp³-hybridized carbons (Fsp3) is 0.375. The molecule has 0 saturated heterocycles. The second-order valence-corrected chi connectivity index (χ2v) is 2.48. The quantitative estimate of drug-likeness (QED) is 0.652. The van der Waals surface area contributed by atoms with Gasteiger partial charge in [0, 0.05) is 6.21 Å². The lowest BCUT2D eigenvalue weighted by Gasteiger charge is -2.11. The molecule has 0 aromatic carbocycles. The van der Waals surface area contributed by atoms with Crippen molar-refractivity contribution in [2.24, 2.45) is 4.99 Å². The maximum absolute atomic E-state index is 12.8. The van der Waals surface area contributed by atoms with Crippen molar-refractivity contribution in [1.82, 2.24) is 0 Å². The summed E-state index contributed by atoms with van der Waals surface area (Å²) in [6, 6.07) is 0. The molecule has 1 unspecified atom stereocenters. The van der Waals surface area contributed by atoms with Crippen molar-refractivity contribution in [3.05, 3.63) is 11.3 Å². The van der Waals surface area contributed by atoms with Gasteiger partial charge in [-0.25, -0.2) is 14.2 Å². The van der Waals surface area contributed by atoms with Crippen molar-refractivity contribution in [2.75, 3.05) is 6.61 Å². The van der Waals surface area contributed by atoms with Crippen LogP contribution >= 0.6 is 0 Å². The summed E-state index contributed by atoms with van der Waals surface area (Å²) in [5, 5.41) is 9.10. The number of carbonyl (C=O) groups excluding carboxylic acids is 2. The van der Waals surface area contributed by atoms with E-state index in [1.165, 1.54) is 0 Å². The van der Waals surface area contributed by atoms with Crippen LogP contribution in [0.2, 0.25) is 0 Å². The predicted molar refractivity (Wildman–Crippen MR) is 44.7 cm³/mol. The van der Waals surface area contributed by atoms with E-state index in [0.717, 1.165) is 6.21 Å². The van der Waals surface area contributed by atoms with Crippen molar-refractivity contribution >= 4 is 18.1 Å². The number of nitrogens with zero attached hydrogens (tertiary/aromatic N) is 1. The first-order valence-electron chi connectivity index (χ1n) is 3.90. The minimum atomic E-state index is -2.26. The SMILES string of the molecule is CCOC(=O)C1=C(O)C(F)C(=O)N=C1. The molecule has 1 atom stereocenters. The topological polar surface area (TPSA) is 76.0 Å². The molecular formula is C8H8FNO4. The lowest BCUT2D eigenvalue weighted by molar-refractivity contribution is -0.138. The van der Waals surface area contributed by atoms with Crippen LogP contribution in [0.3, 0.4) is 0 Å². The summed E-state index contributed by atoms with van der Waals surface area (Å²) in [7, 11) is 0. The van der Waals surface area contributed by atoms with Gasteiger partial charge in [-0.05, 0) is 6.92 Å². The van der Waals surface area contributed by atoms with Crippen LogP contribution in [-0.2, 0) is 14.3 Å². The largest absolute Gasteiger partial charge is 0.508 e. The van der Waals surface area contributed by atoms with Crippen molar-refractivity contribution in [3.8, 4) is 0 Å².